The van der Waals surface area contributed by atoms with E-state index in [0.717, 1.165) is 51.3 Å². The van der Waals surface area contributed by atoms with Crippen molar-refractivity contribution in [2.24, 2.45) is 5.92 Å². The van der Waals surface area contributed by atoms with Crippen molar-refractivity contribution in [2.75, 3.05) is 44.7 Å². The van der Waals surface area contributed by atoms with Crippen LogP contribution in [0.3, 0.4) is 0 Å². The molecule has 0 spiro atoms. The first kappa shape index (κ1) is 22.7. The van der Waals surface area contributed by atoms with Crippen molar-refractivity contribution in [2.45, 2.75) is 64.5 Å². The molecule has 0 radical (unpaired) electrons. The van der Waals surface area contributed by atoms with E-state index in [4.69, 9.17) is 4.74 Å². The van der Waals surface area contributed by atoms with E-state index >= 15 is 0 Å². The van der Waals surface area contributed by atoms with Crippen LogP contribution >= 0.6 is 0 Å². The number of rotatable bonds is 7. The third-order valence-electron chi connectivity index (χ3n) is 6.62. The Morgan fingerprint density at radius 2 is 1.67 bits per heavy atom. The second kappa shape index (κ2) is 11.4. The Morgan fingerprint density at radius 3 is 2.23 bits per heavy atom. The van der Waals surface area contributed by atoms with Crippen molar-refractivity contribution >= 4 is 11.7 Å². The second-order valence-electron chi connectivity index (χ2n) is 9.08. The summed E-state index contributed by atoms with van der Waals surface area (Å²) < 4.78 is 5.24. The Morgan fingerprint density at radius 1 is 1.03 bits per heavy atom. The molecule has 2 amide bonds. The van der Waals surface area contributed by atoms with Crippen LogP contribution < -0.4 is 20.3 Å². The minimum Gasteiger partial charge on any atom is -0.497 e. The van der Waals surface area contributed by atoms with Gasteiger partial charge in [0.1, 0.15) is 5.75 Å². The molecule has 2 aliphatic heterocycles. The first-order valence-electron chi connectivity index (χ1n) is 11.7. The number of carbonyl (C=O) groups is 1. The van der Waals surface area contributed by atoms with Crippen LogP contribution in [0.2, 0.25) is 0 Å². The number of carbonyl (C=O) groups excluding carboxylic acids is 1. The summed E-state index contributed by atoms with van der Waals surface area (Å²) in [5, 5.41) is 6.37. The van der Waals surface area contributed by atoms with Gasteiger partial charge in [-0.25, -0.2) is 4.79 Å². The largest absolute Gasteiger partial charge is 0.497 e. The Labute approximate surface area is 182 Å². The average Bonchev–Trinajstić information content (AvgIpc) is 3.04. The number of hydrogen-bond acceptors (Lipinski definition) is 4. The van der Waals surface area contributed by atoms with Gasteiger partial charge in [0, 0.05) is 37.4 Å². The molecule has 6 nitrogen and oxygen atoms in total. The van der Waals surface area contributed by atoms with Gasteiger partial charge in [-0.3, -0.25) is 4.90 Å². The first-order chi connectivity index (χ1) is 14.6. The highest BCUT2D eigenvalue weighted by molar-refractivity contribution is 5.74. The molecule has 0 saturated carbocycles. The summed E-state index contributed by atoms with van der Waals surface area (Å²) in [6, 6.07) is 8.87. The third kappa shape index (κ3) is 6.53. The van der Waals surface area contributed by atoms with Crippen molar-refractivity contribution in [1.29, 1.82) is 0 Å². The van der Waals surface area contributed by atoms with E-state index in [2.05, 4.69) is 46.4 Å². The molecular formula is C24H40N4O2. The summed E-state index contributed by atoms with van der Waals surface area (Å²) in [5.74, 6) is 1.42. The average molecular weight is 417 g/mol. The highest BCUT2D eigenvalue weighted by Crippen LogP contribution is 2.23. The quantitative estimate of drug-likeness (QED) is 0.709. The Balaban J connectivity index is 1.41. The molecule has 2 N–H and O–H groups in total. The number of benzene rings is 1. The fourth-order valence-corrected chi connectivity index (χ4v) is 4.72. The highest BCUT2D eigenvalue weighted by Gasteiger charge is 2.25. The molecule has 1 atom stereocenters. The normalized spacial score (nSPS) is 19.9. The second-order valence-corrected chi connectivity index (χ2v) is 9.08. The molecular weight excluding hydrogens is 376 g/mol. The van der Waals surface area contributed by atoms with E-state index in [1.165, 1.54) is 31.4 Å². The zero-order valence-corrected chi connectivity index (χ0v) is 19.0. The van der Waals surface area contributed by atoms with E-state index in [1.807, 2.05) is 12.1 Å². The Kier molecular flexibility index (Phi) is 8.67. The summed E-state index contributed by atoms with van der Waals surface area (Å²) in [4.78, 5) is 17.5. The lowest BCUT2D eigenvalue weighted by molar-refractivity contribution is 0.156. The molecule has 2 heterocycles. The fraction of sp³-hybridized carbons (Fsp3) is 0.708. The van der Waals surface area contributed by atoms with Gasteiger partial charge in [-0.05, 0) is 69.0 Å². The summed E-state index contributed by atoms with van der Waals surface area (Å²) >= 11 is 0. The molecule has 2 saturated heterocycles. The van der Waals surface area contributed by atoms with E-state index in [-0.39, 0.29) is 12.1 Å². The number of ether oxygens (including phenoxy) is 1. The van der Waals surface area contributed by atoms with Gasteiger partial charge >= 0.3 is 6.03 Å². The Bertz CT molecular complexity index is 633. The number of likely N-dealkylation sites (tertiary alicyclic amines) is 1. The number of amides is 2. The van der Waals surface area contributed by atoms with Crippen LogP contribution in [-0.4, -0.2) is 62.8 Å². The van der Waals surface area contributed by atoms with Crippen molar-refractivity contribution in [1.82, 2.24) is 15.5 Å². The minimum absolute atomic E-state index is 0.0154. The van der Waals surface area contributed by atoms with Gasteiger partial charge in [-0.2, -0.15) is 0 Å². The van der Waals surface area contributed by atoms with E-state index in [9.17, 15) is 4.79 Å². The summed E-state index contributed by atoms with van der Waals surface area (Å²) in [5.41, 5.74) is 1.22. The lowest BCUT2D eigenvalue weighted by Crippen LogP contribution is -2.52. The molecule has 3 rings (SSSR count). The van der Waals surface area contributed by atoms with Gasteiger partial charge in [-0.15, -0.1) is 0 Å². The van der Waals surface area contributed by atoms with Crippen LogP contribution in [0.4, 0.5) is 10.5 Å². The molecule has 0 bridgehead atoms. The van der Waals surface area contributed by atoms with Gasteiger partial charge in [0.25, 0.3) is 0 Å². The monoisotopic (exact) mass is 416 g/mol. The number of piperidine rings is 1. The maximum Gasteiger partial charge on any atom is 0.315 e. The third-order valence-corrected chi connectivity index (χ3v) is 6.62. The predicted molar refractivity (Wildman–Crippen MR) is 123 cm³/mol. The van der Waals surface area contributed by atoms with E-state index < -0.39 is 0 Å². The van der Waals surface area contributed by atoms with E-state index in [1.54, 1.807) is 7.11 Å². The highest BCUT2D eigenvalue weighted by atomic mass is 16.5. The van der Waals surface area contributed by atoms with E-state index in [0.29, 0.717) is 12.0 Å². The fourth-order valence-electron chi connectivity index (χ4n) is 4.72. The molecule has 30 heavy (non-hydrogen) atoms. The molecule has 0 aliphatic carbocycles. The SMILES string of the molecule is COc1ccc(N2CCC(NC(=O)NCC(C(C)C)N3CCCCCC3)CC2)cc1. The minimum atomic E-state index is -0.0154. The van der Waals surface area contributed by atoms with Gasteiger partial charge in [0.2, 0.25) is 0 Å². The predicted octanol–water partition coefficient (Wildman–Crippen LogP) is 3.86. The molecule has 2 fully saturated rings. The first-order valence-corrected chi connectivity index (χ1v) is 11.7. The zero-order valence-electron chi connectivity index (χ0n) is 19.0. The number of anilines is 1. The van der Waals surface area contributed by atoms with Gasteiger partial charge in [0.15, 0.2) is 0 Å². The zero-order chi connectivity index (χ0) is 21.3. The van der Waals surface area contributed by atoms with Crippen molar-refractivity contribution < 1.29 is 9.53 Å². The van der Waals surface area contributed by atoms with Crippen LogP contribution in [0.15, 0.2) is 24.3 Å². The number of hydrogen-bond donors (Lipinski definition) is 2. The number of methoxy groups -OCH3 is 1. The number of nitrogens with zero attached hydrogens (tertiary/aromatic N) is 2. The van der Waals surface area contributed by atoms with Crippen LogP contribution in [0.1, 0.15) is 52.4 Å². The smallest absolute Gasteiger partial charge is 0.315 e. The van der Waals surface area contributed by atoms with Gasteiger partial charge < -0.3 is 20.3 Å². The lowest BCUT2D eigenvalue weighted by Gasteiger charge is -2.35. The van der Waals surface area contributed by atoms with Crippen molar-refractivity contribution in [3.05, 3.63) is 24.3 Å². The summed E-state index contributed by atoms with van der Waals surface area (Å²) in [6.07, 6.45) is 7.18. The van der Waals surface area contributed by atoms with Crippen molar-refractivity contribution in [3.8, 4) is 5.75 Å². The Hall–Kier alpha value is -1.95. The van der Waals surface area contributed by atoms with Crippen LogP contribution in [0, 0.1) is 5.92 Å². The summed E-state index contributed by atoms with van der Waals surface area (Å²) in [6.45, 7) is 9.51. The van der Waals surface area contributed by atoms with Gasteiger partial charge in [0.05, 0.1) is 7.11 Å². The number of nitrogens with one attached hydrogen (secondary N) is 2. The summed E-state index contributed by atoms with van der Waals surface area (Å²) in [7, 11) is 1.69. The molecule has 1 aromatic carbocycles. The topological polar surface area (TPSA) is 56.8 Å². The molecule has 168 valence electrons. The number of urea groups is 1. The van der Waals surface area contributed by atoms with Crippen LogP contribution in [0.25, 0.3) is 0 Å². The van der Waals surface area contributed by atoms with Crippen molar-refractivity contribution in [3.63, 3.8) is 0 Å². The molecule has 0 aromatic heterocycles. The van der Waals surface area contributed by atoms with Crippen LogP contribution in [-0.2, 0) is 0 Å². The molecule has 1 unspecified atom stereocenters. The molecule has 6 heteroatoms. The standard InChI is InChI=1S/C24H40N4O2/c1-19(2)23(28-14-6-4-5-7-15-28)18-25-24(29)26-20-12-16-27(17-13-20)21-8-10-22(30-3)11-9-21/h8-11,19-20,23H,4-7,12-18H2,1-3H3,(H2,25,26,29). The maximum atomic E-state index is 12.5. The molecule has 2 aliphatic rings. The maximum absolute atomic E-state index is 12.5. The van der Waals surface area contributed by atoms with Gasteiger partial charge in [-0.1, -0.05) is 26.7 Å². The van der Waals surface area contributed by atoms with Crippen LogP contribution in [0.5, 0.6) is 5.75 Å². The lowest BCUT2D eigenvalue weighted by atomic mass is 10.0. The molecule has 1 aromatic rings.